The van der Waals surface area contributed by atoms with Gasteiger partial charge in [0.25, 0.3) is 0 Å². The smallest absolute Gasteiger partial charge is 0.229 e. The second-order valence-electron chi connectivity index (χ2n) is 2.75. The summed E-state index contributed by atoms with van der Waals surface area (Å²) >= 11 is 0. The van der Waals surface area contributed by atoms with Gasteiger partial charge in [0.2, 0.25) is 6.29 Å². The molecule has 0 aromatic rings. The molecule has 0 bridgehead atoms. The molecule has 0 saturated carbocycles. The Morgan fingerprint density at radius 3 is 2.45 bits per heavy atom. The van der Waals surface area contributed by atoms with Crippen molar-refractivity contribution in [2.45, 2.75) is 52.2 Å². The minimum Gasteiger partial charge on any atom is -0.367 e. The predicted octanol–water partition coefficient (Wildman–Crippen LogP) is 2.08. The fraction of sp³-hybridized carbons (Fsp3) is 0.889. The monoisotopic (exact) mass is 157 g/mol. The van der Waals surface area contributed by atoms with E-state index >= 15 is 0 Å². The van der Waals surface area contributed by atoms with E-state index in [4.69, 9.17) is 4.74 Å². The standard InChI is InChI=1S/C9H17O2/c1-4-6-9(7-10)11-8(3)5-2/h8-9H,4-6H2,1-3H3. The third kappa shape index (κ3) is 4.96. The molecule has 0 aliphatic heterocycles. The number of carbonyl (C=O) groups excluding carboxylic acids is 1. The van der Waals surface area contributed by atoms with Gasteiger partial charge in [-0.15, -0.1) is 0 Å². The Kier molecular flexibility index (Phi) is 6.13. The van der Waals surface area contributed by atoms with Crippen LogP contribution in [0.3, 0.4) is 0 Å². The molecule has 2 unspecified atom stereocenters. The summed E-state index contributed by atoms with van der Waals surface area (Å²) in [7, 11) is 0. The highest BCUT2D eigenvalue weighted by atomic mass is 16.5. The van der Waals surface area contributed by atoms with Gasteiger partial charge in [-0.05, 0) is 19.8 Å². The first-order valence-electron chi connectivity index (χ1n) is 4.27. The predicted molar refractivity (Wildman–Crippen MR) is 45.2 cm³/mol. The average molecular weight is 157 g/mol. The molecule has 1 radical (unpaired) electrons. The van der Waals surface area contributed by atoms with E-state index in [1.54, 1.807) is 0 Å². The highest BCUT2D eigenvalue weighted by Crippen LogP contribution is 2.05. The van der Waals surface area contributed by atoms with Crippen LogP contribution in [0.4, 0.5) is 0 Å². The molecule has 2 heteroatoms. The van der Waals surface area contributed by atoms with E-state index in [0.717, 1.165) is 19.3 Å². The third-order valence-corrected chi connectivity index (χ3v) is 1.65. The summed E-state index contributed by atoms with van der Waals surface area (Å²) in [6.45, 7) is 6.04. The van der Waals surface area contributed by atoms with Crippen molar-refractivity contribution in [3.8, 4) is 0 Å². The van der Waals surface area contributed by atoms with Crippen LogP contribution in [0.25, 0.3) is 0 Å². The van der Waals surface area contributed by atoms with Crippen LogP contribution in [-0.4, -0.2) is 18.5 Å². The quantitative estimate of drug-likeness (QED) is 0.590. The molecule has 0 aromatic heterocycles. The number of hydrogen-bond acceptors (Lipinski definition) is 2. The van der Waals surface area contributed by atoms with E-state index in [1.807, 2.05) is 27.1 Å². The number of ether oxygens (including phenoxy) is 1. The van der Waals surface area contributed by atoms with Crippen LogP contribution in [0.1, 0.15) is 40.0 Å². The Labute approximate surface area is 68.9 Å². The lowest BCUT2D eigenvalue weighted by Gasteiger charge is -2.15. The van der Waals surface area contributed by atoms with E-state index in [9.17, 15) is 4.79 Å². The second kappa shape index (κ2) is 6.35. The molecule has 0 aliphatic carbocycles. The van der Waals surface area contributed by atoms with E-state index in [1.165, 1.54) is 0 Å². The van der Waals surface area contributed by atoms with Crippen molar-refractivity contribution in [2.75, 3.05) is 0 Å². The molecule has 0 fully saturated rings. The first-order valence-corrected chi connectivity index (χ1v) is 4.27. The SMILES string of the molecule is CCCC([C]=O)OC(C)CC. The zero-order valence-electron chi connectivity index (χ0n) is 7.59. The van der Waals surface area contributed by atoms with Crippen molar-refractivity contribution in [1.29, 1.82) is 0 Å². The molecule has 0 N–H and O–H groups in total. The summed E-state index contributed by atoms with van der Waals surface area (Å²) in [6, 6.07) is 0. The van der Waals surface area contributed by atoms with Gasteiger partial charge in [-0.1, -0.05) is 20.3 Å². The van der Waals surface area contributed by atoms with Crippen LogP contribution in [0, 0.1) is 0 Å². The topological polar surface area (TPSA) is 26.3 Å². The highest BCUT2D eigenvalue weighted by molar-refractivity contribution is 5.56. The summed E-state index contributed by atoms with van der Waals surface area (Å²) in [6.07, 6.45) is 4.46. The van der Waals surface area contributed by atoms with Gasteiger partial charge in [-0.25, -0.2) is 0 Å². The largest absolute Gasteiger partial charge is 0.367 e. The van der Waals surface area contributed by atoms with Crippen molar-refractivity contribution in [3.05, 3.63) is 0 Å². The van der Waals surface area contributed by atoms with Gasteiger partial charge in [0.1, 0.15) is 6.10 Å². The summed E-state index contributed by atoms with van der Waals surface area (Å²) in [4.78, 5) is 10.3. The van der Waals surface area contributed by atoms with Crippen molar-refractivity contribution in [2.24, 2.45) is 0 Å². The van der Waals surface area contributed by atoms with Crippen LogP contribution >= 0.6 is 0 Å². The molecule has 0 aliphatic rings. The van der Waals surface area contributed by atoms with E-state index in [-0.39, 0.29) is 12.2 Å². The van der Waals surface area contributed by atoms with Gasteiger partial charge in [-0.2, -0.15) is 0 Å². The molecule has 0 heterocycles. The molecule has 2 nitrogen and oxygen atoms in total. The van der Waals surface area contributed by atoms with Crippen molar-refractivity contribution in [1.82, 2.24) is 0 Å². The average Bonchev–Trinajstić information content (AvgIpc) is 2.03. The Bertz CT molecular complexity index is 102. The lowest BCUT2D eigenvalue weighted by Crippen LogP contribution is -2.20. The lowest BCUT2D eigenvalue weighted by atomic mass is 10.2. The van der Waals surface area contributed by atoms with Crippen LogP contribution in [-0.2, 0) is 9.53 Å². The Balaban J connectivity index is 3.58. The highest BCUT2D eigenvalue weighted by Gasteiger charge is 2.10. The number of rotatable bonds is 6. The summed E-state index contributed by atoms with van der Waals surface area (Å²) in [5.74, 6) is 0. The fourth-order valence-corrected chi connectivity index (χ4v) is 0.794. The van der Waals surface area contributed by atoms with Gasteiger partial charge < -0.3 is 4.74 Å². The van der Waals surface area contributed by atoms with Crippen LogP contribution < -0.4 is 0 Å². The minimum absolute atomic E-state index is 0.174. The molecule has 65 valence electrons. The lowest BCUT2D eigenvalue weighted by molar-refractivity contribution is 0.0274. The second-order valence-corrected chi connectivity index (χ2v) is 2.75. The van der Waals surface area contributed by atoms with Gasteiger partial charge in [0.05, 0.1) is 6.10 Å². The first-order chi connectivity index (χ1) is 5.24. The van der Waals surface area contributed by atoms with Crippen molar-refractivity contribution in [3.63, 3.8) is 0 Å². The van der Waals surface area contributed by atoms with Crippen LogP contribution in [0.2, 0.25) is 0 Å². The van der Waals surface area contributed by atoms with E-state index in [0.29, 0.717) is 0 Å². The van der Waals surface area contributed by atoms with Crippen LogP contribution in [0.5, 0.6) is 0 Å². The van der Waals surface area contributed by atoms with Gasteiger partial charge in [-0.3, -0.25) is 4.79 Å². The molecule has 11 heavy (non-hydrogen) atoms. The molecule has 0 spiro atoms. The summed E-state index contributed by atoms with van der Waals surface area (Å²) in [5, 5.41) is 0. The molecular weight excluding hydrogens is 140 g/mol. The van der Waals surface area contributed by atoms with E-state index in [2.05, 4.69) is 0 Å². The Morgan fingerprint density at radius 1 is 1.45 bits per heavy atom. The Morgan fingerprint density at radius 2 is 2.09 bits per heavy atom. The van der Waals surface area contributed by atoms with E-state index < -0.39 is 0 Å². The maximum Gasteiger partial charge on any atom is 0.229 e. The van der Waals surface area contributed by atoms with Crippen molar-refractivity contribution >= 4 is 6.29 Å². The minimum atomic E-state index is -0.310. The molecule has 0 rings (SSSR count). The summed E-state index contributed by atoms with van der Waals surface area (Å²) in [5.41, 5.74) is 0. The van der Waals surface area contributed by atoms with Gasteiger partial charge in [0.15, 0.2) is 0 Å². The zero-order chi connectivity index (χ0) is 8.69. The number of hydrogen-bond donors (Lipinski definition) is 0. The first kappa shape index (κ1) is 10.6. The molecule has 0 aromatic carbocycles. The maximum atomic E-state index is 10.3. The zero-order valence-corrected chi connectivity index (χ0v) is 7.59. The molecule has 2 atom stereocenters. The van der Waals surface area contributed by atoms with Crippen LogP contribution in [0.15, 0.2) is 0 Å². The van der Waals surface area contributed by atoms with Crippen molar-refractivity contribution < 1.29 is 9.53 Å². The fourth-order valence-electron chi connectivity index (χ4n) is 0.794. The molecule has 0 saturated heterocycles. The van der Waals surface area contributed by atoms with Gasteiger partial charge in [0, 0.05) is 0 Å². The van der Waals surface area contributed by atoms with Gasteiger partial charge >= 0.3 is 0 Å². The third-order valence-electron chi connectivity index (χ3n) is 1.65. The Hall–Kier alpha value is -0.370. The molecule has 0 amide bonds. The molecular formula is C9H17O2. The normalized spacial score (nSPS) is 15.9. The maximum absolute atomic E-state index is 10.3. The summed E-state index contributed by atoms with van der Waals surface area (Å²) < 4.78 is 5.37.